The van der Waals surface area contributed by atoms with Crippen molar-refractivity contribution in [3.05, 3.63) is 17.3 Å². The van der Waals surface area contributed by atoms with Crippen molar-refractivity contribution in [2.24, 2.45) is 5.92 Å². The van der Waals surface area contributed by atoms with Gasteiger partial charge in [-0.15, -0.1) is 0 Å². The van der Waals surface area contributed by atoms with Gasteiger partial charge >= 0.3 is 6.03 Å². The Bertz CT molecular complexity index is 465. The average Bonchev–Trinajstić information content (AvgIpc) is 3.02. The fourth-order valence-corrected chi connectivity index (χ4v) is 2.26. The molecule has 1 unspecified atom stereocenters. The first kappa shape index (κ1) is 15.8. The van der Waals surface area contributed by atoms with Gasteiger partial charge in [0.25, 0.3) is 0 Å². The van der Waals surface area contributed by atoms with E-state index < -0.39 is 0 Å². The maximum atomic E-state index is 12.1. The first-order valence-electron chi connectivity index (χ1n) is 7.53. The standard InChI is InChI=1S/C15H25N3O3/c1-10(2)9-20-13-5-6-18(8-13)15(19)16-7-14-17-11(3)12(4)21-14/h10,13H,5-9H2,1-4H3,(H,16,19). The van der Waals surface area contributed by atoms with Crippen LogP contribution in [0.4, 0.5) is 4.79 Å². The van der Waals surface area contributed by atoms with Crippen LogP contribution in [0.2, 0.25) is 0 Å². The highest BCUT2D eigenvalue weighted by Crippen LogP contribution is 2.14. The highest BCUT2D eigenvalue weighted by Gasteiger charge is 2.27. The molecular weight excluding hydrogens is 270 g/mol. The van der Waals surface area contributed by atoms with E-state index in [1.165, 1.54) is 0 Å². The number of hydrogen-bond donors (Lipinski definition) is 1. The van der Waals surface area contributed by atoms with E-state index >= 15 is 0 Å². The van der Waals surface area contributed by atoms with E-state index in [1.807, 2.05) is 13.8 Å². The van der Waals surface area contributed by atoms with Crippen LogP contribution in [-0.4, -0.2) is 41.7 Å². The highest BCUT2D eigenvalue weighted by molar-refractivity contribution is 5.74. The fraction of sp³-hybridized carbons (Fsp3) is 0.733. The van der Waals surface area contributed by atoms with Gasteiger partial charge in [0.1, 0.15) is 5.76 Å². The summed E-state index contributed by atoms with van der Waals surface area (Å²) in [5.74, 6) is 1.86. The van der Waals surface area contributed by atoms with Gasteiger partial charge in [-0.05, 0) is 26.2 Å². The van der Waals surface area contributed by atoms with Crippen molar-refractivity contribution in [2.45, 2.75) is 46.8 Å². The number of aromatic nitrogens is 1. The zero-order valence-electron chi connectivity index (χ0n) is 13.3. The van der Waals surface area contributed by atoms with Gasteiger partial charge in [0.15, 0.2) is 0 Å². The quantitative estimate of drug-likeness (QED) is 0.904. The fourth-order valence-electron chi connectivity index (χ4n) is 2.26. The van der Waals surface area contributed by atoms with E-state index in [2.05, 4.69) is 24.1 Å². The Morgan fingerprint density at radius 3 is 2.90 bits per heavy atom. The average molecular weight is 295 g/mol. The number of nitrogens with zero attached hydrogens (tertiary/aromatic N) is 2. The molecular formula is C15H25N3O3. The number of rotatable bonds is 5. The Kier molecular flexibility index (Phi) is 5.22. The van der Waals surface area contributed by atoms with Gasteiger partial charge in [-0.2, -0.15) is 0 Å². The van der Waals surface area contributed by atoms with Gasteiger partial charge in [-0.25, -0.2) is 9.78 Å². The molecule has 21 heavy (non-hydrogen) atoms. The number of ether oxygens (including phenoxy) is 1. The van der Waals surface area contributed by atoms with E-state index in [4.69, 9.17) is 9.15 Å². The molecule has 1 fully saturated rings. The van der Waals surface area contributed by atoms with Crippen LogP contribution in [0.3, 0.4) is 0 Å². The SMILES string of the molecule is Cc1nc(CNC(=O)N2CCC(OCC(C)C)C2)oc1C. The maximum absolute atomic E-state index is 12.1. The summed E-state index contributed by atoms with van der Waals surface area (Å²) in [6, 6.07) is -0.0841. The Morgan fingerprint density at radius 1 is 1.52 bits per heavy atom. The minimum absolute atomic E-state index is 0.0841. The summed E-state index contributed by atoms with van der Waals surface area (Å²) in [7, 11) is 0. The van der Waals surface area contributed by atoms with Gasteiger partial charge in [0.05, 0.1) is 18.3 Å². The van der Waals surface area contributed by atoms with Crippen molar-refractivity contribution in [2.75, 3.05) is 19.7 Å². The third kappa shape index (κ3) is 4.46. The smallest absolute Gasteiger partial charge is 0.317 e. The number of carbonyl (C=O) groups excluding carboxylic acids is 1. The molecule has 0 saturated carbocycles. The molecule has 0 aromatic carbocycles. The summed E-state index contributed by atoms with van der Waals surface area (Å²) in [5.41, 5.74) is 0.863. The molecule has 0 bridgehead atoms. The van der Waals surface area contributed by atoms with Crippen LogP contribution in [0.15, 0.2) is 4.42 Å². The largest absolute Gasteiger partial charge is 0.444 e. The Labute approximate surface area is 125 Å². The van der Waals surface area contributed by atoms with Gasteiger partial charge < -0.3 is 19.4 Å². The first-order chi connectivity index (χ1) is 9.95. The van der Waals surface area contributed by atoms with Crippen LogP contribution in [0.5, 0.6) is 0 Å². The van der Waals surface area contributed by atoms with Gasteiger partial charge in [-0.1, -0.05) is 13.8 Å². The van der Waals surface area contributed by atoms with Crippen LogP contribution in [0, 0.1) is 19.8 Å². The summed E-state index contributed by atoms with van der Waals surface area (Å²) in [4.78, 5) is 18.1. The van der Waals surface area contributed by atoms with E-state index in [9.17, 15) is 4.79 Å². The molecule has 1 atom stereocenters. The van der Waals surface area contributed by atoms with Gasteiger partial charge in [0.2, 0.25) is 5.89 Å². The van der Waals surface area contributed by atoms with E-state index in [0.717, 1.165) is 31.0 Å². The molecule has 6 nitrogen and oxygen atoms in total. The normalized spacial score (nSPS) is 18.5. The van der Waals surface area contributed by atoms with E-state index in [1.54, 1.807) is 4.90 Å². The minimum atomic E-state index is -0.0841. The summed E-state index contributed by atoms with van der Waals surface area (Å²) in [6.07, 6.45) is 1.06. The summed E-state index contributed by atoms with van der Waals surface area (Å²) >= 11 is 0. The lowest BCUT2D eigenvalue weighted by Gasteiger charge is -2.17. The zero-order valence-corrected chi connectivity index (χ0v) is 13.3. The van der Waals surface area contributed by atoms with Gasteiger partial charge in [0, 0.05) is 19.7 Å². The molecule has 1 aromatic rings. The second-order valence-electron chi connectivity index (χ2n) is 5.99. The topological polar surface area (TPSA) is 67.6 Å². The lowest BCUT2D eigenvalue weighted by Crippen LogP contribution is -2.38. The molecule has 0 spiro atoms. The van der Waals surface area contributed by atoms with Crippen molar-refractivity contribution in [3.8, 4) is 0 Å². The molecule has 2 amide bonds. The number of hydrogen-bond acceptors (Lipinski definition) is 4. The second kappa shape index (κ2) is 6.93. The summed E-state index contributed by atoms with van der Waals surface area (Å²) < 4.78 is 11.2. The zero-order chi connectivity index (χ0) is 15.4. The first-order valence-corrected chi connectivity index (χ1v) is 7.53. The highest BCUT2D eigenvalue weighted by atomic mass is 16.5. The predicted molar refractivity (Wildman–Crippen MR) is 79.0 cm³/mol. The number of nitrogens with one attached hydrogen (secondary N) is 1. The molecule has 1 saturated heterocycles. The predicted octanol–water partition coefficient (Wildman–Crippen LogP) is 2.25. The molecule has 2 rings (SSSR count). The van der Waals surface area contributed by atoms with Crippen LogP contribution in [0.1, 0.15) is 37.6 Å². The number of carbonyl (C=O) groups is 1. The second-order valence-corrected chi connectivity index (χ2v) is 5.99. The molecule has 0 radical (unpaired) electrons. The Balaban J connectivity index is 1.74. The summed E-state index contributed by atoms with van der Waals surface area (Å²) in [6.45, 7) is 10.5. The molecule has 1 aliphatic heterocycles. The molecule has 1 N–H and O–H groups in total. The third-order valence-electron chi connectivity index (χ3n) is 3.56. The third-order valence-corrected chi connectivity index (χ3v) is 3.56. The van der Waals surface area contributed by atoms with Crippen molar-refractivity contribution < 1.29 is 13.9 Å². The number of aryl methyl sites for hydroxylation is 2. The van der Waals surface area contributed by atoms with Gasteiger partial charge in [-0.3, -0.25) is 0 Å². The molecule has 0 aliphatic carbocycles. The number of amides is 2. The maximum Gasteiger partial charge on any atom is 0.317 e. The Morgan fingerprint density at radius 2 is 2.29 bits per heavy atom. The van der Waals surface area contributed by atoms with Crippen molar-refractivity contribution in [1.29, 1.82) is 0 Å². The van der Waals surface area contributed by atoms with Crippen molar-refractivity contribution in [1.82, 2.24) is 15.2 Å². The molecule has 6 heteroatoms. The minimum Gasteiger partial charge on any atom is -0.444 e. The van der Waals surface area contributed by atoms with Crippen LogP contribution < -0.4 is 5.32 Å². The van der Waals surface area contributed by atoms with Crippen molar-refractivity contribution >= 4 is 6.03 Å². The molecule has 2 heterocycles. The molecule has 118 valence electrons. The van der Waals surface area contributed by atoms with Crippen LogP contribution >= 0.6 is 0 Å². The molecule has 1 aliphatic rings. The summed E-state index contributed by atoms with van der Waals surface area (Å²) in [5, 5.41) is 2.84. The number of urea groups is 1. The van der Waals surface area contributed by atoms with E-state index in [-0.39, 0.29) is 12.1 Å². The lowest BCUT2D eigenvalue weighted by molar-refractivity contribution is 0.0436. The van der Waals surface area contributed by atoms with E-state index in [0.29, 0.717) is 24.9 Å². The Hall–Kier alpha value is -1.56. The number of likely N-dealkylation sites (tertiary alicyclic amines) is 1. The lowest BCUT2D eigenvalue weighted by atomic mass is 10.2. The molecule has 1 aromatic heterocycles. The monoisotopic (exact) mass is 295 g/mol. The van der Waals surface area contributed by atoms with Crippen LogP contribution in [-0.2, 0) is 11.3 Å². The van der Waals surface area contributed by atoms with Crippen molar-refractivity contribution in [3.63, 3.8) is 0 Å². The van der Waals surface area contributed by atoms with Crippen LogP contribution in [0.25, 0.3) is 0 Å². The number of oxazole rings is 1.